The first-order valence-electron chi connectivity index (χ1n) is 16.6. The number of para-hydroxylation sites is 1. The fraction of sp³-hybridized carbons (Fsp3) is 0.243. The number of hydrogen-bond acceptors (Lipinski definition) is 9. The molecule has 14 nitrogen and oxygen atoms in total. The van der Waals surface area contributed by atoms with Crippen LogP contribution in [0.25, 0.3) is 10.9 Å². The van der Waals surface area contributed by atoms with Gasteiger partial charge in [0.05, 0.1) is 27.9 Å². The number of nitrogens with two attached hydrogens (primary N) is 1. The topological polar surface area (TPSA) is 210 Å². The predicted molar refractivity (Wildman–Crippen MR) is 186 cm³/mol. The number of nitrogens with zero attached hydrogens (tertiary/aromatic N) is 2. The van der Waals surface area contributed by atoms with Gasteiger partial charge in [-0.1, -0.05) is 30.3 Å². The Kier molecular flexibility index (Phi) is 10.1. The Morgan fingerprint density at radius 1 is 0.882 bits per heavy atom. The van der Waals surface area contributed by atoms with E-state index in [1.165, 1.54) is 12.3 Å². The third-order valence-electron chi connectivity index (χ3n) is 8.84. The molecule has 7 amide bonds. The summed E-state index contributed by atoms with van der Waals surface area (Å²) in [4.78, 5) is 92.7. The van der Waals surface area contributed by atoms with E-state index < -0.39 is 35.6 Å². The number of imide groups is 2. The molecule has 6 N–H and O–H groups in total. The molecule has 1 saturated heterocycles. The number of nitrogens with one attached hydrogen (secondary N) is 4. The number of amides is 7. The Morgan fingerprint density at radius 3 is 2.37 bits per heavy atom. The molecule has 260 valence electrons. The van der Waals surface area contributed by atoms with Gasteiger partial charge in [-0.25, -0.2) is 0 Å². The maximum atomic E-state index is 13.3. The van der Waals surface area contributed by atoms with Gasteiger partial charge in [0.15, 0.2) is 0 Å². The van der Waals surface area contributed by atoms with Crippen molar-refractivity contribution in [3.8, 4) is 0 Å². The van der Waals surface area contributed by atoms with Gasteiger partial charge in [0.2, 0.25) is 17.7 Å². The van der Waals surface area contributed by atoms with Crippen molar-refractivity contribution in [3.05, 3.63) is 101 Å². The molecule has 2 aliphatic heterocycles. The van der Waals surface area contributed by atoms with Crippen molar-refractivity contribution in [2.24, 2.45) is 5.73 Å². The van der Waals surface area contributed by atoms with Gasteiger partial charge in [0, 0.05) is 48.8 Å². The number of piperidine rings is 1. The van der Waals surface area contributed by atoms with Crippen LogP contribution in [0.4, 0.5) is 11.4 Å². The molecule has 1 aromatic heterocycles. The van der Waals surface area contributed by atoms with Gasteiger partial charge in [0.1, 0.15) is 6.04 Å². The van der Waals surface area contributed by atoms with Crippen LogP contribution in [0.3, 0.4) is 0 Å². The number of rotatable bonds is 13. The van der Waals surface area contributed by atoms with Crippen molar-refractivity contribution in [1.82, 2.24) is 25.8 Å². The van der Waals surface area contributed by atoms with Crippen LogP contribution in [0.5, 0.6) is 0 Å². The molecule has 2 aliphatic rings. The van der Waals surface area contributed by atoms with E-state index in [4.69, 9.17) is 5.73 Å². The van der Waals surface area contributed by atoms with E-state index in [0.717, 1.165) is 10.3 Å². The number of unbranched alkanes of at least 4 members (excludes halogenated alkanes) is 1. The number of pyridine rings is 1. The lowest BCUT2D eigenvalue weighted by Gasteiger charge is -2.27. The summed E-state index contributed by atoms with van der Waals surface area (Å²) in [6.45, 7) is 0.787. The number of carbonyl (C=O) groups excluding carboxylic acids is 7. The first kappa shape index (κ1) is 34.4. The molecule has 0 saturated carbocycles. The van der Waals surface area contributed by atoms with Crippen LogP contribution in [0.2, 0.25) is 0 Å². The third kappa shape index (κ3) is 7.44. The molecular formula is C37H35N7O7. The highest BCUT2D eigenvalue weighted by Crippen LogP contribution is 2.31. The zero-order valence-corrected chi connectivity index (χ0v) is 27.5. The van der Waals surface area contributed by atoms with Crippen molar-refractivity contribution in [2.75, 3.05) is 18.4 Å². The van der Waals surface area contributed by atoms with Gasteiger partial charge >= 0.3 is 0 Å². The van der Waals surface area contributed by atoms with Crippen LogP contribution in [0.15, 0.2) is 72.9 Å². The highest BCUT2D eigenvalue weighted by molar-refractivity contribution is 6.24. The van der Waals surface area contributed by atoms with Crippen LogP contribution >= 0.6 is 0 Å². The smallest absolute Gasteiger partial charge is 0.262 e. The quantitative estimate of drug-likeness (QED) is 0.103. The number of aryl methyl sites for hydroxylation is 1. The van der Waals surface area contributed by atoms with Crippen LogP contribution in [0.1, 0.15) is 79.1 Å². The van der Waals surface area contributed by atoms with Gasteiger partial charge in [0.25, 0.3) is 23.6 Å². The molecule has 14 heteroatoms. The number of anilines is 2. The molecule has 3 aromatic carbocycles. The Balaban J connectivity index is 0.929. The number of hydrogen-bond donors (Lipinski definition) is 5. The molecule has 3 heterocycles. The van der Waals surface area contributed by atoms with Gasteiger partial charge < -0.3 is 21.7 Å². The minimum Gasteiger partial charge on any atom is -0.365 e. The van der Waals surface area contributed by atoms with Crippen LogP contribution in [-0.2, 0) is 20.8 Å². The van der Waals surface area contributed by atoms with Crippen molar-refractivity contribution >= 4 is 63.6 Å². The van der Waals surface area contributed by atoms with Crippen molar-refractivity contribution in [1.29, 1.82) is 0 Å². The molecule has 6 rings (SSSR count). The summed E-state index contributed by atoms with van der Waals surface area (Å²) in [5.74, 6) is -3.41. The number of aromatic nitrogens is 1. The van der Waals surface area contributed by atoms with Crippen molar-refractivity contribution in [3.63, 3.8) is 0 Å². The Labute approximate surface area is 292 Å². The van der Waals surface area contributed by atoms with E-state index in [-0.39, 0.29) is 54.2 Å². The normalized spacial score (nSPS) is 15.4. The maximum Gasteiger partial charge on any atom is 0.262 e. The average Bonchev–Trinajstić information content (AvgIpc) is 3.38. The average molecular weight is 690 g/mol. The van der Waals surface area contributed by atoms with Crippen LogP contribution < -0.4 is 27.0 Å². The van der Waals surface area contributed by atoms with Gasteiger partial charge in [-0.3, -0.25) is 48.8 Å². The highest BCUT2D eigenvalue weighted by Gasteiger charge is 2.45. The lowest BCUT2D eigenvalue weighted by Crippen LogP contribution is -2.54. The van der Waals surface area contributed by atoms with Gasteiger partial charge in [-0.05, 0) is 67.6 Å². The van der Waals surface area contributed by atoms with Gasteiger partial charge in [-0.15, -0.1) is 0 Å². The number of primary amides is 1. The number of fused-ring (bicyclic) bond motifs is 2. The van der Waals surface area contributed by atoms with Crippen molar-refractivity contribution < 1.29 is 33.6 Å². The van der Waals surface area contributed by atoms with E-state index in [1.807, 2.05) is 24.3 Å². The second-order valence-corrected chi connectivity index (χ2v) is 12.2. The maximum absolute atomic E-state index is 13.3. The van der Waals surface area contributed by atoms with Crippen LogP contribution in [0, 0.1) is 0 Å². The Bertz CT molecular complexity index is 2080. The zero-order valence-electron chi connectivity index (χ0n) is 27.5. The predicted octanol–water partition coefficient (Wildman–Crippen LogP) is 2.74. The van der Waals surface area contributed by atoms with Crippen molar-refractivity contribution in [2.45, 2.75) is 44.6 Å². The molecule has 0 spiro atoms. The summed E-state index contributed by atoms with van der Waals surface area (Å²) >= 11 is 0. The lowest BCUT2D eigenvalue weighted by atomic mass is 9.99. The van der Waals surface area contributed by atoms with Gasteiger partial charge in [-0.2, -0.15) is 0 Å². The first-order chi connectivity index (χ1) is 24.6. The zero-order chi connectivity index (χ0) is 36.1. The molecular weight excluding hydrogens is 654 g/mol. The fourth-order valence-corrected chi connectivity index (χ4v) is 6.22. The van der Waals surface area contributed by atoms with E-state index in [0.29, 0.717) is 53.9 Å². The SMILES string of the molecule is NC(=O)c1cnc2ccccc2c1Nc1ccc(C(=O)NCCCCNC(=O)CCc2cccc3c2C(=O)N(C2CCC(=O)NC2=O)C3=O)cc1. The van der Waals surface area contributed by atoms with E-state index in [9.17, 15) is 33.6 Å². The van der Waals surface area contributed by atoms with E-state index >= 15 is 0 Å². The molecule has 0 radical (unpaired) electrons. The molecule has 1 unspecified atom stereocenters. The fourth-order valence-electron chi connectivity index (χ4n) is 6.22. The Hall–Kier alpha value is -6.44. The van der Waals surface area contributed by atoms with Crippen LogP contribution in [-0.4, -0.2) is 70.4 Å². The summed E-state index contributed by atoms with van der Waals surface area (Å²) in [5, 5.41) is 11.9. The first-order valence-corrected chi connectivity index (χ1v) is 16.6. The number of benzene rings is 3. The monoisotopic (exact) mass is 689 g/mol. The summed E-state index contributed by atoms with van der Waals surface area (Å²) in [7, 11) is 0. The van der Waals surface area contributed by atoms with E-state index in [2.05, 4.69) is 26.3 Å². The lowest BCUT2D eigenvalue weighted by molar-refractivity contribution is -0.136. The highest BCUT2D eigenvalue weighted by atomic mass is 16.2. The molecule has 51 heavy (non-hydrogen) atoms. The van der Waals surface area contributed by atoms with E-state index in [1.54, 1.807) is 36.4 Å². The molecule has 1 fully saturated rings. The summed E-state index contributed by atoms with van der Waals surface area (Å²) in [6, 6.07) is 17.9. The summed E-state index contributed by atoms with van der Waals surface area (Å²) in [5.41, 5.74) is 9.06. The standard InChI is InChI=1S/C37H35N7O7/c38-33(47)26-20-41-27-9-2-1-7-24(27)32(26)42-23-13-10-22(11-14-23)34(48)40-19-4-3-18-39-29(45)16-12-21-6-5-8-25-31(21)37(51)44(36(25)50)28-15-17-30(46)43-35(28)49/h1-2,5-11,13-14,20,28H,3-4,12,15-19H2,(H2,38,47)(H,39,45)(H,40,48)(H,41,42)(H,43,46,49). The minimum atomic E-state index is -1.06. The minimum absolute atomic E-state index is 0.0313. The summed E-state index contributed by atoms with van der Waals surface area (Å²) < 4.78 is 0. The second kappa shape index (κ2) is 15.0. The summed E-state index contributed by atoms with van der Waals surface area (Å²) in [6.07, 6.45) is 3.07. The molecule has 0 bridgehead atoms. The molecule has 0 aliphatic carbocycles. The molecule has 1 atom stereocenters. The number of carbonyl (C=O) groups is 7. The molecule has 4 aromatic rings. The largest absolute Gasteiger partial charge is 0.365 e. The Morgan fingerprint density at radius 2 is 1.63 bits per heavy atom. The third-order valence-corrected chi connectivity index (χ3v) is 8.84. The second-order valence-electron chi connectivity index (χ2n) is 12.2.